The zero-order valence-corrected chi connectivity index (χ0v) is 11.7. The minimum absolute atomic E-state index is 0.143. The van der Waals surface area contributed by atoms with E-state index < -0.39 is 23.9 Å². The standard InChI is InChI=1S/C15H12FN3O4/c16-9-3-1-8(2-4-9)14-13(15(22)23)17-18-19(14)11-6-5-10(20)7-12(11)21/h1-7,13-14,20-21H,(H,22,23). The quantitative estimate of drug-likeness (QED) is 0.807. The molecule has 8 heteroatoms. The highest BCUT2D eigenvalue weighted by atomic mass is 19.1. The van der Waals surface area contributed by atoms with Gasteiger partial charge < -0.3 is 15.3 Å². The zero-order chi connectivity index (χ0) is 16.6. The Morgan fingerprint density at radius 1 is 1.13 bits per heavy atom. The highest BCUT2D eigenvalue weighted by molar-refractivity contribution is 5.77. The topological polar surface area (TPSA) is 106 Å². The fourth-order valence-corrected chi connectivity index (χ4v) is 2.44. The number of halogens is 1. The minimum Gasteiger partial charge on any atom is -0.508 e. The lowest BCUT2D eigenvalue weighted by molar-refractivity contribution is -0.138. The van der Waals surface area contributed by atoms with Gasteiger partial charge in [0.15, 0.2) is 6.04 Å². The van der Waals surface area contributed by atoms with Crippen LogP contribution in [0.1, 0.15) is 11.6 Å². The van der Waals surface area contributed by atoms with Crippen molar-refractivity contribution in [1.82, 2.24) is 0 Å². The Morgan fingerprint density at radius 3 is 2.43 bits per heavy atom. The first-order valence-electron chi connectivity index (χ1n) is 6.67. The summed E-state index contributed by atoms with van der Waals surface area (Å²) in [5.41, 5.74) is 0.668. The van der Waals surface area contributed by atoms with E-state index in [2.05, 4.69) is 10.3 Å². The van der Waals surface area contributed by atoms with Gasteiger partial charge >= 0.3 is 5.97 Å². The number of hydrogen-bond acceptors (Lipinski definition) is 6. The van der Waals surface area contributed by atoms with E-state index in [1.165, 1.54) is 41.4 Å². The molecule has 0 spiro atoms. The van der Waals surface area contributed by atoms with Crippen LogP contribution in [0.25, 0.3) is 0 Å². The molecule has 1 heterocycles. The molecule has 0 amide bonds. The average Bonchev–Trinajstić information content (AvgIpc) is 2.93. The number of aromatic hydroxyl groups is 2. The maximum atomic E-state index is 13.1. The van der Waals surface area contributed by atoms with Crippen LogP contribution in [-0.2, 0) is 4.79 Å². The molecule has 2 aromatic rings. The molecular formula is C15H12FN3O4. The first-order valence-corrected chi connectivity index (χ1v) is 6.67. The molecule has 2 atom stereocenters. The summed E-state index contributed by atoms with van der Waals surface area (Å²) in [7, 11) is 0. The molecule has 0 aromatic heterocycles. The van der Waals surface area contributed by atoms with Crippen LogP contribution >= 0.6 is 0 Å². The van der Waals surface area contributed by atoms with Gasteiger partial charge in [0.1, 0.15) is 29.0 Å². The molecule has 0 saturated heterocycles. The van der Waals surface area contributed by atoms with Crippen molar-refractivity contribution in [2.75, 3.05) is 5.01 Å². The molecule has 2 unspecified atom stereocenters. The summed E-state index contributed by atoms with van der Waals surface area (Å²) >= 11 is 0. The molecule has 3 rings (SSSR count). The van der Waals surface area contributed by atoms with Crippen molar-refractivity contribution in [2.24, 2.45) is 10.3 Å². The van der Waals surface area contributed by atoms with Crippen LogP contribution in [0.15, 0.2) is 52.8 Å². The number of carbonyl (C=O) groups is 1. The maximum absolute atomic E-state index is 13.1. The number of benzene rings is 2. The largest absolute Gasteiger partial charge is 0.508 e. The van der Waals surface area contributed by atoms with Gasteiger partial charge in [-0.3, -0.25) is 0 Å². The lowest BCUT2D eigenvalue weighted by atomic mass is 9.99. The molecule has 0 aliphatic carbocycles. The van der Waals surface area contributed by atoms with Crippen molar-refractivity contribution in [3.05, 3.63) is 53.8 Å². The van der Waals surface area contributed by atoms with Crippen LogP contribution in [0, 0.1) is 5.82 Å². The monoisotopic (exact) mass is 317 g/mol. The van der Waals surface area contributed by atoms with E-state index in [1.807, 2.05) is 0 Å². The number of anilines is 1. The van der Waals surface area contributed by atoms with Gasteiger partial charge in [0.2, 0.25) is 0 Å². The van der Waals surface area contributed by atoms with Crippen LogP contribution in [0.2, 0.25) is 0 Å². The number of carboxylic acids is 1. The molecule has 1 aliphatic heterocycles. The summed E-state index contributed by atoms with van der Waals surface area (Å²) in [6.45, 7) is 0. The Morgan fingerprint density at radius 2 is 1.83 bits per heavy atom. The Bertz CT molecular complexity index is 779. The van der Waals surface area contributed by atoms with Crippen molar-refractivity contribution in [1.29, 1.82) is 0 Å². The molecular weight excluding hydrogens is 305 g/mol. The van der Waals surface area contributed by atoms with Gasteiger partial charge in [0, 0.05) is 6.07 Å². The van der Waals surface area contributed by atoms with Crippen molar-refractivity contribution >= 4 is 11.7 Å². The molecule has 1 aliphatic rings. The highest BCUT2D eigenvalue weighted by Crippen LogP contribution is 2.41. The van der Waals surface area contributed by atoms with Crippen LogP contribution < -0.4 is 5.01 Å². The number of phenolic OH excluding ortho intramolecular Hbond substituents is 2. The average molecular weight is 317 g/mol. The third kappa shape index (κ3) is 2.66. The Hall–Kier alpha value is -3.16. The molecule has 118 valence electrons. The Labute approximate surface area is 129 Å². The van der Waals surface area contributed by atoms with E-state index in [0.717, 1.165) is 6.07 Å². The van der Waals surface area contributed by atoms with E-state index in [4.69, 9.17) is 0 Å². The minimum atomic E-state index is -1.20. The van der Waals surface area contributed by atoms with Crippen molar-refractivity contribution in [2.45, 2.75) is 12.1 Å². The van der Waals surface area contributed by atoms with Crippen LogP contribution in [0.5, 0.6) is 11.5 Å². The second-order valence-electron chi connectivity index (χ2n) is 5.00. The lowest BCUT2D eigenvalue weighted by Crippen LogP contribution is -2.31. The molecule has 3 N–H and O–H groups in total. The molecule has 7 nitrogen and oxygen atoms in total. The number of aliphatic carboxylic acids is 1. The number of phenols is 2. The predicted molar refractivity (Wildman–Crippen MR) is 77.7 cm³/mol. The summed E-state index contributed by atoms with van der Waals surface area (Å²) in [6.07, 6.45) is 0. The molecule has 2 aromatic carbocycles. The summed E-state index contributed by atoms with van der Waals surface area (Å²) in [4.78, 5) is 11.4. The number of carboxylic acid groups (broad SMARTS) is 1. The third-order valence-electron chi connectivity index (χ3n) is 3.51. The number of rotatable bonds is 3. The van der Waals surface area contributed by atoms with E-state index >= 15 is 0 Å². The molecule has 0 bridgehead atoms. The molecule has 0 saturated carbocycles. The zero-order valence-electron chi connectivity index (χ0n) is 11.7. The summed E-state index contributed by atoms with van der Waals surface area (Å²) in [6, 6.07) is 7.10. The predicted octanol–water partition coefficient (Wildman–Crippen LogP) is 2.62. The third-order valence-corrected chi connectivity index (χ3v) is 3.51. The van der Waals surface area contributed by atoms with Gasteiger partial charge in [-0.2, -0.15) is 5.11 Å². The second-order valence-corrected chi connectivity index (χ2v) is 5.00. The van der Waals surface area contributed by atoms with Gasteiger partial charge in [-0.25, -0.2) is 14.2 Å². The highest BCUT2D eigenvalue weighted by Gasteiger charge is 2.40. The van der Waals surface area contributed by atoms with Gasteiger partial charge in [0.05, 0.1) is 0 Å². The fourth-order valence-electron chi connectivity index (χ4n) is 2.44. The lowest BCUT2D eigenvalue weighted by Gasteiger charge is -2.25. The Balaban J connectivity index is 2.06. The van der Waals surface area contributed by atoms with E-state index in [9.17, 15) is 24.5 Å². The molecule has 0 radical (unpaired) electrons. The van der Waals surface area contributed by atoms with Gasteiger partial charge in [-0.15, -0.1) is 0 Å². The smallest absolute Gasteiger partial charge is 0.333 e. The number of hydrogen-bond donors (Lipinski definition) is 3. The molecule has 23 heavy (non-hydrogen) atoms. The SMILES string of the molecule is O=C(O)C1N=NN(c2ccc(O)cc2O)C1c1ccc(F)cc1. The van der Waals surface area contributed by atoms with Crippen molar-refractivity contribution in [3.63, 3.8) is 0 Å². The summed E-state index contributed by atoms with van der Waals surface area (Å²) in [5, 5.41) is 37.4. The number of nitrogens with zero attached hydrogens (tertiary/aromatic N) is 3. The van der Waals surface area contributed by atoms with Crippen molar-refractivity contribution in [3.8, 4) is 11.5 Å². The van der Waals surface area contributed by atoms with Crippen LogP contribution in [0.4, 0.5) is 10.1 Å². The fraction of sp³-hybridized carbons (Fsp3) is 0.133. The molecule has 0 fully saturated rings. The normalized spacial score (nSPS) is 20.0. The van der Waals surface area contributed by atoms with Gasteiger partial charge in [-0.05, 0) is 29.8 Å². The van der Waals surface area contributed by atoms with Crippen molar-refractivity contribution < 1.29 is 24.5 Å². The maximum Gasteiger partial charge on any atom is 0.333 e. The van der Waals surface area contributed by atoms with E-state index in [1.54, 1.807) is 0 Å². The Kier molecular flexibility index (Phi) is 3.57. The van der Waals surface area contributed by atoms with E-state index in [0.29, 0.717) is 5.56 Å². The first kappa shape index (κ1) is 14.8. The second kappa shape index (κ2) is 5.56. The first-order chi connectivity index (χ1) is 11.0. The van der Waals surface area contributed by atoms with Crippen LogP contribution in [-0.4, -0.2) is 27.3 Å². The summed E-state index contributed by atoms with van der Waals surface area (Å²) < 4.78 is 13.1. The van der Waals surface area contributed by atoms with Gasteiger partial charge in [-0.1, -0.05) is 17.4 Å². The van der Waals surface area contributed by atoms with E-state index in [-0.39, 0.29) is 17.2 Å². The summed E-state index contributed by atoms with van der Waals surface area (Å²) in [5.74, 6) is -2.06. The van der Waals surface area contributed by atoms with Crippen LogP contribution in [0.3, 0.4) is 0 Å². The van der Waals surface area contributed by atoms with Gasteiger partial charge in [0.25, 0.3) is 0 Å².